The molecule has 4 heteroatoms. The highest BCUT2D eigenvalue weighted by Gasteiger charge is 2.31. The number of piperazine rings is 1. The molecule has 1 unspecified atom stereocenters. The third-order valence-electron chi connectivity index (χ3n) is 5.44. The highest BCUT2D eigenvalue weighted by molar-refractivity contribution is 7.99. The van der Waals surface area contributed by atoms with Crippen LogP contribution in [0.3, 0.4) is 0 Å². The van der Waals surface area contributed by atoms with Crippen molar-refractivity contribution in [3.8, 4) is 0 Å². The van der Waals surface area contributed by atoms with Gasteiger partial charge in [0.1, 0.15) is 0 Å². The Kier molecular flexibility index (Phi) is 6.40. The second-order valence-corrected chi connectivity index (χ2v) is 8.13. The molecule has 0 saturated carbocycles. The van der Waals surface area contributed by atoms with Crippen LogP contribution in [0.2, 0.25) is 0 Å². The van der Waals surface area contributed by atoms with Crippen molar-refractivity contribution in [2.24, 2.45) is 0 Å². The summed E-state index contributed by atoms with van der Waals surface area (Å²) >= 11 is 2.10. The number of rotatable bonds is 5. The highest BCUT2D eigenvalue weighted by Crippen LogP contribution is 2.26. The van der Waals surface area contributed by atoms with Crippen LogP contribution in [0, 0.1) is 6.92 Å². The summed E-state index contributed by atoms with van der Waals surface area (Å²) in [5, 5.41) is 9.51. The molecule has 0 radical (unpaired) electrons. The lowest BCUT2D eigenvalue weighted by Gasteiger charge is -2.45. The maximum absolute atomic E-state index is 9.51. The SMILES string of the molecule is Cc1ccccc1CN1CCN(C2CCSCC2)CC1CCO. The van der Waals surface area contributed by atoms with Crippen molar-refractivity contribution in [2.75, 3.05) is 37.7 Å². The van der Waals surface area contributed by atoms with Gasteiger partial charge in [0.2, 0.25) is 0 Å². The summed E-state index contributed by atoms with van der Waals surface area (Å²) in [5.74, 6) is 2.64. The van der Waals surface area contributed by atoms with Crippen LogP contribution in [0.5, 0.6) is 0 Å². The number of aryl methyl sites for hydroxylation is 1. The number of hydrogen-bond acceptors (Lipinski definition) is 4. The lowest BCUT2D eigenvalue weighted by atomic mass is 10.0. The first-order valence-electron chi connectivity index (χ1n) is 8.99. The quantitative estimate of drug-likeness (QED) is 0.896. The van der Waals surface area contributed by atoms with Crippen molar-refractivity contribution in [1.29, 1.82) is 0 Å². The molecule has 3 rings (SSSR count). The van der Waals surface area contributed by atoms with Crippen LogP contribution in [0.15, 0.2) is 24.3 Å². The van der Waals surface area contributed by atoms with Crippen molar-refractivity contribution in [3.63, 3.8) is 0 Å². The topological polar surface area (TPSA) is 26.7 Å². The van der Waals surface area contributed by atoms with Crippen LogP contribution in [0.4, 0.5) is 0 Å². The molecule has 0 aromatic heterocycles. The van der Waals surface area contributed by atoms with Crippen LogP contribution in [-0.2, 0) is 6.54 Å². The van der Waals surface area contributed by atoms with E-state index < -0.39 is 0 Å². The molecule has 0 aliphatic carbocycles. The third kappa shape index (κ3) is 4.50. The summed E-state index contributed by atoms with van der Waals surface area (Å²) in [6.45, 7) is 6.95. The molecule has 2 aliphatic heterocycles. The minimum Gasteiger partial charge on any atom is -0.396 e. The number of thioether (sulfide) groups is 1. The molecule has 2 heterocycles. The average Bonchev–Trinajstić information content (AvgIpc) is 2.59. The summed E-state index contributed by atoms with van der Waals surface area (Å²) in [6.07, 6.45) is 3.58. The predicted octanol–water partition coefficient (Wildman–Crippen LogP) is 2.76. The fraction of sp³-hybridized carbons (Fsp3) is 0.684. The van der Waals surface area contributed by atoms with Gasteiger partial charge in [0.25, 0.3) is 0 Å². The predicted molar refractivity (Wildman–Crippen MR) is 99.0 cm³/mol. The van der Waals surface area contributed by atoms with E-state index in [2.05, 4.69) is 52.8 Å². The van der Waals surface area contributed by atoms with Gasteiger partial charge in [0.05, 0.1) is 0 Å². The molecule has 0 spiro atoms. The van der Waals surface area contributed by atoms with E-state index in [0.29, 0.717) is 12.6 Å². The number of nitrogens with zero attached hydrogens (tertiary/aromatic N) is 2. The molecular weight excluding hydrogens is 304 g/mol. The molecule has 1 aromatic carbocycles. The van der Waals surface area contributed by atoms with E-state index in [1.807, 2.05) is 0 Å². The lowest BCUT2D eigenvalue weighted by molar-refractivity contribution is 0.0292. The highest BCUT2D eigenvalue weighted by atomic mass is 32.2. The van der Waals surface area contributed by atoms with Gasteiger partial charge in [-0.05, 0) is 48.8 Å². The number of aliphatic hydroxyl groups excluding tert-OH is 1. The van der Waals surface area contributed by atoms with Crippen LogP contribution >= 0.6 is 11.8 Å². The molecule has 1 atom stereocenters. The lowest BCUT2D eigenvalue weighted by Crippen LogP contribution is -2.56. The maximum Gasteiger partial charge on any atom is 0.0446 e. The van der Waals surface area contributed by atoms with Gasteiger partial charge in [0, 0.05) is 44.9 Å². The summed E-state index contributed by atoms with van der Waals surface area (Å²) in [5.41, 5.74) is 2.81. The normalized spacial score (nSPS) is 24.9. The minimum absolute atomic E-state index is 0.295. The fourth-order valence-corrected chi connectivity index (χ4v) is 5.02. The Hall–Kier alpha value is -0.550. The van der Waals surface area contributed by atoms with Crippen LogP contribution in [0.25, 0.3) is 0 Å². The Morgan fingerprint density at radius 2 is 1.96 bits per heavy atom. The van der Waals surface area contributed by atoms with E-state index in [1.54, 1.807) is 0 Å². The van der Waals surface area contributed by atoms with Crippen LogP contribution in [-0.4, -0.2) is 64.7 Å². The fourth-order valence-electron chi connectivity index (χ4n) is 3.94. The van der Waals surface area contributed by atoms with Gasteiger partial charge in [-0.1, -0.05) is 24.3 Å². The van der Waals surface area contributed by atoms with Crippen LogP contribution in [0.1, 0.15) is 30.4 Å². The van der Waals surface area contributed by atoms with Gasteiger partial charge in [0.15, 0.2) is 0 Å². The van der Waals surface area contributed by atoms with E-state index in [9.17, 15) is 5.11 Å². The molecule has 1 aromatic rings. The van der Waals surface area contributed by atoms with Crippen molar-refractivity contribution in [2.45, 2.75) is 44.8 Å². The first-order chi connectivity index (χ1) is 11.3. The van der Waals surface area contributed by atoms with Crippen molar-refractivity contribution >= 4 is 11.8 Å². The van der Waals surface area contributed by atoms with E-state index in [4.69, 9.17) is 0 Å². The summed E-state index contributed by atoms with van der Waals surface area (Å²) in [6, 6.07) is 9.96. The molecular formula is C19H30N2OS. The molecule has 2 fully saturated rings. The van der Waals surface area contributed by atoms with Gasteiger partial charge >= 0.3 is 0 Å². The second-order valence-electron chi connectivity index (χ2n) is 6.90. The Morgan fingerprint density at radius 3 is 2.70 bits per heavy atom. The van der Waals surface area contributed by atoms with Gasteiger partial charge in [-0.25, -0.2) is 0 Å². The van der Waals surface area contributed by atoms with E-state index >= 15 is 0 Å². The van der Waals surface area contributed by atoms with Crippen LogP contribution < -0.4 is 0 Å². The van der Waals surface area contributed by atoms with E-state index in [0.717, 1.165) is 32.1 Å². The molecule has 128 valence electrons. The zero-order valence-electron chi connectivity index (χ0n) is 14.3. The maximum atomic E-state index is 9.51. The largest absolute Gasteiger partial charge is 0.396 e. The monoisotopic (exact) mass is 334 g/mol. The molecule has 1 N–H and O–H groups in total. The van der Waals surface area contributed by atoms with Gasteiger partial charge < -0.3 is 5.11 Å². The Morgan fingerprint density at radius 1 is 1.17 bits per heavy atom. The minimum atomic E-state index is 0.295. The first-order valence-corrected chi connectivity index (χ1v) is 10.1. The molecule has 3 nitrogen and oxygen atoms in total. The average molecular weight is 335 g/mol. The second kappa shape index (κ2) is 8.52. The molecule has 2 saturated heterocycles. The van der Waals surface area contributed by atoms with E-state index in [1.165, 1.54) is 42.0 Å². The zero-order valence-corrected chi connectivity index (χ0v) is 15.1. The Labute approximate surface area is 145 Å². The van der Waals surface area contributed by atoms with Crippen molar-refractivity contribution in [3.05, 3.63) is 35.4 Å². The number of aliphatic hydroxyl groups is 1. The molecule has 23 heavy (non-hydrogen) atoms. The molecule has 0 bridgehead atoms. The number of hydrogen-bond donors (Lipinski definition) is 1. The zero-order chi connectivity index (χ0) is 16.1. The van der Waals surface area contributed by atoms with Gasteiger partial charge in [-0.15, -0.1) is 0 Å². The molecule has 0 amide bonds. The summed E-state index contributed by atoms with van der Waals surface area (Å²) in [7, 11) is 0. The first kappa shape index (κ1) is 17.3. The Balaban J connectivity index is 1.63. The summed E-state index contributed by atoms with van der Waals surface area (Å²) < 4.78 is 0. The van der Waals surface area contributed by atoms with Crippen molar-refractivity contribution < 1.29 is 5.11 Å². The standard InChI is InChI=1S/C19H30N2OS/c1-16-4-2-3-5-17(16)14-20-9-10-21(15-19(20)6-11-22)18-7-12-23-13-8-18/h2-5,18-19,22H,6-15H2,1H3. The Bertz CT molecular complexity index is 490. The van der Waals surface area contributed by atoms with Gasteiger partial charge in [-0.3, -0.25) is 9.80 Å². The van der Waals surface area contributed by atoms with E-state index in [-0.39, 0.29) is 0 Å². The van der Waals surface area contributed by atoms with Gasteiger partial charge in [-0.2, -0.15) is 11.8 Å². The third-order valence-corrected chi connectivity index (χ3v) is 6.49. The smallest absolute Gasteiger partial charge is 0.0446 e. The van der Waals surface area contributed by atoms with Crippen molar-refractivity contribution in [1.82, 2.24) is 9.80 Å². The number of benzene rings is 1. The summed E-state index contributed by atoms with van der Waals surface area (Å²) in [4.78, 5) is 5.29. The molecule has 2 aliphatic rings.